The molecule has 0 aliphatic carbocycles. The summed E-state index contributed by atoms with van der Waals surface area (Å²) in [6.07, 6.45) is 7.22. The average molecular weight is 1440 g/mol. The van der Waals surface area contributed by atoms with Crippen molar-refractivity contribution in [1.29, 1.82) is 0 Å². The van der Waals surface area contributed by atoms with E-state index in [1.165, 1.54) is 44.5 Å². The van der Waals surface area contributed by atoms with Gasteiger partial charge in [-0.25, -0.2) is 0 Å². The smallest absolute Gasteiger partial charge is 0.234 e. The molecular formula is C77H96N30. The number of anilines is 12. The molecule has 6 aromatic carbocycles. The largest absolute Gasteiger partial charge is 0.368 e. The fraction of sp³-hybridized carbons (Fsp3) is 0.247. The van der Waals surface area contributed by atoms with Crippen molar-refractivity contribution in [3.8, 4) is 0 Å². The number of aromatic nitrogens is 18. The summed E-state index contributed by atoms with van der Waals surface area (Å²) in [5.74, 6) is 7.84. The predicted octanol–water partition coefficient (Wildman–Crippen LogP) is 8.70. The molecule has 30 nitrogen and oxygen atoms in total. The fourth-order valence-electron chi connectivity index (χ4n) is 10.1. The number of hydrogen-bond acceptors (Lipinski definition) is 30. The third kappa shape index (κ3) is 28.3. The van der Waals surface area contributed by atoms with Crippen molar-refractivity contribution < 1.29 is 0 Å². The molecule has 0 saturated heterocycles. The van der Waals surface area contributed by atoms with Crippen molar-refractivity contribution >= 4 is 71.4 Å². The minimum Gasteiger partial charge on any atom is -0.368 e. The Kier molecular flexibility index (Phi) is 30.5. The zero-order valence-corrected chi connectivity index (χ0v) is 62.6. The van der Waals surface area contributed by atoms with Crippen molar-refractivity contribution in [2.24, 2.45) is 0 Å². The van der Waals surface area contributed by atoms with E-state index < -0.39 is 0 Å². The summed E-state index contributed by atoms with van der Waals surface area (Å²) in [5.41, 5.74) is 57.8. The lowest BCUT2D eigenvalue weighted by atomic mass is 10.1. The first-order valence-corrected chi connectivity index (χ1v) is 34.1. The van der Waals surface area contributed by atoms with Gasteiger partial charge in [-0.05, 0) is 74.9 Å². The number of rotatable bonds is 20. The number of benzene rings is 6. The summed E-state index contributed by atoms with van der Waals surface area (Å²) in [5, 5.41) is 0. The van der Waals surface area contributed by atoms with Gasteiger partial charge in [0.1, 0.15) is 34.9 Å². The van der Waals surface area contributed by atoms with Crippen LogP contribution >= 0.6 is 0 Å². The van der Waals surface area contributed by atoms with E-state index in [-0.39, 0.29) is 47.6 Å². The first-order chi connectivity index (χ1) is 51.1. The Morgan fingerprint density at radius 1 is 0.290 bits per heavy atom. The third-order valence-electron chi connectivity index (χ3n) is 15.0. The van der Waals surface area contributed by atoms with E-state index in [2.05, 4.69) is 203 Å². The summed E-state index contributed by atoms with van der Waals surface area (Å²) in [7, 11) is 9.46. The molecule has 0 amide bonds. The van der Waals surface area contributed by atoms with Crippen molar-refractivity contribution in [3.63, 3.8) is 0 Å². The molecule has 0 fully saturated rings. The molecule has 30 heteroatoms. The monoisotopic (exact) mass is 1440 g/mol. The van der Waals surface area contributed by atoms with Crippen LogP contribution in [-0.2, 0) is 38.5 Å². The van der Waals surface area contributed by atoms with Gasteiger partial charge in [0, 0.05) is 93.1 Å². The van der Waals surface area contributed by atoms with Crippen LogP contribution in [0, 0.1) is 34.6 Å². The number of aryl methyl sites for hydroxylation is 5. The summed E-state index contributed by atoms with van der Waals surface area (Å²) in [4.78, 5) is 81.7. The maximum atomic E-state index is 5.78. The fourth-order valence-corrected chi connectivity index (χ4v) is 10.1. The minimum atomic E-state index is 0.161. The normalized spacial score (nSPS) is 10.3. The van der Waals surface area contributed by atoms with Crippen LogP contribution < -0.4 is 65.5 Å². The molecule has 16 N–H and O–H groups in total. The second-order valence-electron chi connectivity index (χ2n) is 25.0. The van der Waals surface area contributed by atoms with Crippen LogP contribution in [0.25, 0.3) is 0 Å². The Labute approximate surface area is 625 Å². The highest BCUT2D eigenvalue weighted by Gasteiger charge is 2.14. The van der Waals surface area contributed by atoms with E-state index in [0.29, 0.717) is 104 Å². The number of nitrogens with two attached hydrogens (primary N) is 8. The van der Waals surface area contributed by atoms with E-state index in [4.69, 9.17) is 45.9 Å². The van der Waals surface area contributed by atoms with Gasteiger partial charge in [-0.2, -0.15) is 89.7 Å². The minimum absolute atomic E-state index is 0.161. The second-order valence-corrected chi connectivity index (χ2v) is 25.0. The zero-order valence-electron chi connectivity index (χ0n) is 62.6. The van der Waals surface area contributed by atoms with Gasteiger partial charge < -0.3 is 65.5 Å². The first-order valence-electron chi connectivity index (χ1n) is 34.1. The van der Waals surface area contributed by atoms with E-state index >= 15 is 0 Å². The topological polar surface area (TPSA) is 453 Å². The molecule has 0 saturated carbocycles. The Bertz CT molecular complexity index is 4700. The number of nitrogens with zero attached hydrogens (tertiary/aromatic N) is 22. The Hall–Kier alpha value is -13.5. The highest BCUT2D eigenvalue weighted by Crippen LogP contribution is 2.19. The SMILES string of the molecule is C=CCN(C=C)c1nc(N)nc(Cc2cccc(C)c2)n1.CCN(C)c1nc(N)nc(Cc2cccc(C)c2)n1.Cc1cccc(Cc2nc(N)nc(N(C)C)n2)c1.Cc1cccc(Cc2nc(N)nc(N(C)C)n2)c1.Cc1cccc(Cc2nc(N)nc(N)n2)c1.Nc1nc(N)nc(Cc2ccccc2)n1. The molecule has 554 valence electrons. The number of nitrogen functional groups attached to an aromatic ring is 8. The summed E-state index contributed by atoms with van der Waals surface area (Å²) in [6, 6.07) is 51.1. The summed E-state index contributed by atoms with van der Waals surface area (Å²) < 4.78 is 0. The maximum absolute atomic E-state index is 5.78. The summed E-state index contributed by atoms with van der Waals surface area (Å²) in [6.45, 7) is 21.2. The molecule has 0 radical (unpaired) electrons. The van der Waals surface area contributed by atoms with Gasteiger partial charge in [0.15, 0.2) is 0 Å². The molecule has 0 spiro atoms. The van der Waals surface area contributed by atoms with E-state index in [0.717, 1.165) is 23.2 Å². The van der Waals surface area contributed by atoms with Gasteiger partial charge in [-0.1, -0.05) is 192 Å². The van der Waals surface area contributed by atoms with Crippen LogP contribution in [0.15, 0.2) is 177 Å². The molecular weight excluding hydrogens is 1350 g/mol. The van der Waals surface area contributed by atoms with Crippen molar-refractivity contribution in [1.82, 2.24) is 89.7 Å². The van der Waals surface area contributed by atoms with Crippen molar-refractivity contribution in [3.05, 3.63) is 273 Å². The molecule has 0 aliphatic heterocycles. The summed E-state index contributed by atoms with van der Waals surface area (Å²) >= 11 is 0. The quantitative estimate of drug-likeness (QED) is 0.0330. The average Bonchev–Trinajstić information content (AvgIpc) is 0.870. The highest BCUT2D eigenvalue weighted by atomic mass is 15.3. The standard InChI is InChI=1S/C16H19N5.C14H19N5.2C13H17N5.C11H13N5.C10H11N5/c1-4-9-21(5-2)16-19-14(18-15(17)20-16)11-13-8-6-7-12(3)10-13;1-4-19(3)14-17-12(16-13(15)18-14)9-11-7-5-6-10(2)8-11;2*1-9-5-4-6-10(7-9)8-11-15-12(14)17-13(16-11)18(2)3;1-7-3-2-4-8(5-7)6-9-14-10(12)16-11(13)15-9;11-9-13-8(14-10(12)15-9)6-7-4-2-1-3-5-7/h4-8,10H,1-2,9,11H2,3H3,(H2,17,18,19,20);5-8H,4,9H2,1-3H3,(H2,15,16,17,18);2*4-7H,8H2,1-3H3,(H2,14,15,16,17);2-5H,6H2,1H3,(H4,12,13,14,15,16);1-5H,6H2,(H4,11,12,13,14,15). The van der Waals surface area contributed by atoms with Gasteiger partial charge in [0.05, 0.1) is 0 Å². The van der Waals surface area contributed by atoms with Crippen molar-refractivity contribution in [2.75, 3.05) is 114 Å². The van der Waals surface area contributed by atoms with E-state index in [9.17, 15) is 0 Å². The third-order valence-corrected chi connectivity index (χ3v) is 15.0. The van der Waals surface area contributed by atoms with Gasteiger partial charge >= 0.3 is 0 Å². The molecule has 6 aromatic heterocycles. The van der Waals surface area contributed by atoms with Gasteiger partial charge in [0.25, 0.3) is 0 Å². The second kappa shape index (κ2) is 40.3. The molecule has 6 heterocycles. The first kappa shape index (κ1) is 80.8. The Morgan fingerprint density at radius 2 is 0.533 bits per heavy atom. The molecule has 0 bridgehead atoms. The Morgan fingerprint density at radius 3 is 0.804 bits per heavy atom. The van der Waals surface area contributed by atoms with Crippen LogP contribution in [-0.4, -0.2) is 138 Å². The van der Waals surface area contributed by atoms with Crippen LogP contribution in [0.5, 0.6) is 0 Å². The van der Waals surface area contributed by atoms with E-state index in [1.54, 1.807) is 17.2 Å². The van der Waals surface area contributed by atoms with Gasteiger partial charge in [-0.3, -0.25) is 0 Å². The lowest BCUT2D eigenvalue weighted by molar-refractivity contribution is 0.851. The van der Waals surface area contributed by atoms with Crippen LogP contribution in [0.1, 0.15) is 103 Å². The highest BCUT2D eigenvalue weighted by molar-refractivity contribution is 5.42. The lowest BCUT2D eigenvalue weighted by Gasteiger charge is -2.16. The Balaban J connectivity index is 0.000000179. The zero-order chi connectivity index (χ0) is 77.5. The predicted molar refractivity (Wildman–Crippen MR) is 429 cm³/mol. The van der Waals surface area contributed by atoms with Crippen LogP contribution in [0.3, 0.4) is 0 Å². The lowest BCUT2D eigenvalue weighted by Crippen LogP contribution is -2.20. The van der Waals surface area contributed by atoms with Crippen LogP contribution in [0.4, 0.5) is 71.4 Å². The molecule has 0 atom stereocenters. The van der Waals surface area contributed by atoms with Crippen molar-refractivity contribution in [2.45, 2.75) is 80.1 Å². The van der Waals surface area contributed by atoms with Gasteiger partial charge in [0.2, 0.25) is 71.4 Å². The molecule has 12 rings (SSSR count). The molecule has 0 unspecified atom stereocenters. The van der Waals surface area contributed by atoms with E-state index in [1.807, 2.05) is 143 Å². The van der Waals surface area contributed by atoms with Gasteiger partial charge in [-0.15, -0.1) is 6.58 Å². The molecule has 12 aromatic rings. The van der Waals surface area contributed by atoms with Crippen LogP contribution in [0.2, 0.25) is 0 Å². The molecule has 107 heavy (non-hydrogen) atoms. The number of hydrogen-bond donors (Lipinski definition) is 8. The maximum Gasteiger partial charge on any atom is 0.234 e. The molecule has 0 aliphatic rings.